The van der Waals surface area contributed by atoms with E-state index in [1.807, 2.05) is 6.20 Å². The summed E-state index contributed by atoms with van der Waals surface area (Å²) in [5.41, 5.74) is 7.21. The van der Waals surface area contributed by atoms with Crippen LogP contribution in [0.15, 0.2) is 12.4 Å². The molecular formula is C14H23N3. The maximum Gasteiger partial charge on any atom is 0.0537 e. The van der Waals surface area contributed by atoms with E-state index in [0.717, 1.165) is 30.7 Å². The third kappa shape index (κ3) is 2.13. The predicted octanol–water partition coefficient (Wildman–Crippen LogP) is 2.73. The third-order valence-electron chi connectivity index (χ3n) is 4.83. The van der Waals surface area contributed by atoms with Gasteiger partial charge in [-0.05, 0) is 43.4 Å². The summed E-state index contributed by atoms with van der Waals surface area (Å²) >= 11 is 0. The molecule has 0 amide bonds. The summed E-state index contributed by atoms with van der Waals surface area (Å²) in [6.45, 7) is 3.23. The van der Waals surface area contributed by atoms with Gasteiger partial charge in [-0.3, -0.25) is 4.68 Å². The Bertz CT molecular complexity index is 385. The lowest BCUT2D eigenvalue weighted by Gasteiger charge is -2.21. The van der Waals surface area contributed by atoms with Crippen molar-refractivity contribution >= 4 is 0 Å². The van der Waals surface area contributed by atoms with Crippen LogP contribution >= 0.6 is 0 Å². The van der Waals surface area contributed by atoms with Gasteiger partial charge in [0, 0.05) is 24.3 Å². The molecule has 3 nitrogen and oxygen atoms in total. The number of aromatic nitrogens is 2. The summed E-state index contributed by atoms with van der Waals surface area (Å²) in [4.78, 5) is 0. The van der Waals surface area contributed by atoms with Gasteiger partial charge in [0.2, 0.25) is 0 Å². The van der Waals surface area contributed by atoms with Gasteiger partial charge < -0.3 is 5.73 Å². The Hall–Kier alpha value is -0.830. The van der Waals surface area contributed by atoms with E-state index >= 15 is 0 Å². The average Bonchev–Trinajstić information content (AvgIpc) is 3.03. The lowest BCUT2D eigenvalue weighted by atomic mass is 9.89. The molecule has 2 saturated carbocycles. The van der Waals surface area contributed by atoms with Gasteiger partial charge in [0.25, 0.3) is 0 Å². The number of fused-ring (bicyclic) bond motifs is 2. The largest absolute Gasteiger partial charge is 0.324 e. The van der Waals surface area contributed by atoms with Gasteiger partial charge in [-0.25, -0.2) is 0 Å². The smallest absolute Gasteiger partial charge is 0.0537 e. The van der Waals surface area contributed by atoms with Crippen LogP contribution in [0.25, 0.3) is 0 Å². The van der Waals surface area contributed by atoms with E-state index in [-0.39, 0.29) is 6.04 Å². The SMILES string of the molecule is CCC(N)c1cnn(CC2CC3CCC2C3)c1. The highest BCUT2D eigenvalue weighted by Gasteiger charge is 2.39. The summed E-state index contributed by atoms with van der Waals surface area (Å²) < 4.78 is 2.12. The topological polar surface area (TPSA) is 43.8 Å². The molecule has 2 N–H and O–H groups in total. The van der Waals surface area contributed by atoms with Crippen molar-refractivity contribution in [3.63, 3.8) is 0 Å². The van der Waals surface area contributed by atoms with Crippen LogP contribution in [0.5, 0.6) is 0 Å². The number of rotatable bonds is 4. The van der Waals surface area contributed by atoms with Crippen LogP contribution in [0, 0.1) is 17.8 Å². The quantitative estimate of drug-likeness (QED) is 0.869. The summed E-state index contributed by atoms with van der Waals surface area (Å²) in [5, 5.41) is 4.47. The fraction of sp³-hybridized carbons (Fsp3) is 0.786. The van der Waals surface area contributed by atoms with Crippen molar-refractivity contribution in [3.05, 3.63) is 18.0 Å². The first-order chi connectivity index (χ1) is 8.26. The summed E-state index contributed by atoms with van der Waals surface area (Å²) in [6.07, 6.45) is 10.9. The van der Waals surface area contributed by atoms with Gasteiger partial charge in [0.05, 0.1) is 6.20 Å². The Morgan fingerprint density at radius 3 is 3.00 bits per heavy atom. The van der Waals surface area contributed by atoms with Crippen molar-refractivity contribution in [3.8, 4) is 0 Å². The lowest BCUT2D eigenvalue weighted by molar-refractivity contribution is 0.285. The Morgan fingerprint density at radius 2 is 2.35 bits per heavy atom. The second kappa shape index (κ2) is 4.45. The zero-order chi connectivity index (χ0) is 11.8. The molecule has 1 aromatic rings. The van der Waals surface area contributed by atoms with Crippen molar-refractivity contribution < 1.29 is 0 Å². The number of nitrogens with two attached hydrogens (primary N) is 1. The molecule has 17 heavy (non-hydrogen) atoms. The molecule has 1 aromatic heterocycles. The van der Waals surface area contributed by atoms with E-state index in [9.17, 15) is 0 Å². The van der Waals surface area contributed by atoms with Crippen LogP contribution in [0.2, 0.25) is 0 Å². The molecule has 0 radical (unpaired) electrons. The van der Waals surface area contributed by atoms with E-state index in [1.165, 1.54) is 31.2 Å². The average molecular weight is 233 g/mol. The predicted molar refractivity (Wildman–Crippen MR) is 68.4 cm³/mol. The van der Waals surface area contributed by atoms with E-state index in [1.54, 1.807) is 0 Å². The standard InChI is InChI=1S/C14H23N3/c1-2-14(15)13-7-16-17(9-13)8-12-6-10-3-4-11(12)5-10/h7,9-12,14H,2-6,8,15H2,1H3. The van der Waals surface area contributed by atoms with Crippen molar-refractivity contribution in [2.24, 2.45) is 23.5 Å². The van der Waals surface area contributed by atoms with Crippen molar-refractivity contribution in [1.29, 1.82) is 0 Å². The highest BCUT2D eigenvalue weighted by atomic mass is 15.3. The summed E-state index contributed by atoms with van der Waals surface area (Å²) in [6, 6.07) is 0.156. The van der Waals surface area contributed by atoms with Gasteiger partial charge in [0.15, 0.2) is 0 Å². The Balaban J connectivity index is 1.63. The molecule has 2 fully saturated rings. The van der Waals surface area contributed by atoms with Crippen molar-refractivity contribution in [2.75, 3.05) is 0 Å². The van der Waals surface area contributed by atoms with Gasteiger partial charge >= 0.3 is 0 Å². The maximum absolute atomic E-state index is 6.02. The lowest BCUT2D eigenvalue weighted by Crippen LogP contribution is -2.17. The molecule has 3 rings (SSSR count). The Labute approximate surface area is 103 Å². The number of nitrogens with zero attached hydrogens (tertiary/aromatic N) is 2. The fourth-order valence-electron chi connectivity index (χ4n) is 3.75. The molecule has 2 aliphatic carbocycles. The van der Waals surface area contributed by atoms with Gasteiger partial charge in [-0.1, -0.05) is 13.3 Å². The molecule has 0 aliphatic heterocycles. The monoisotopic (exact) mass is 233 g/mol. The molecule has 1 heterocycles. The Kier molecular flexibility index (Phi) is 2.95. The van der Waals surface area contributed by atoms with Crippen LogP contribution in [-0.2, 0) is 6.54 Å². The van der Waals surface area contributed by atoms with Crippen molar-refractivity contribution in [2.45, 2.75) is 51.6 Å². The molecule has 0 spiro atoms. The van der Waals surface area contributed by atoms with Crippen LogP contribution in [-0.4, -0.2) is 9.78 Å². The highest BCUT2D eigenvalue weighted by Crippen LogP contribution is 2.48. The molecule has 0 saturated heterocycles. The fourth-order valence-corrected chi connectivity index (χ4v) is 3.75. The third-order valence-corrected chi connectivity index (χ3v) is 4.83. The molecular weight excluding hydrogens is 210 g/mol. The van der Waals surface area contributed by atoms with Gasteiger partial charge in [-0.15, -0.1) is 0 Å². The minimum atomic E-state index is 0.156. The Morgan fingerprint density at radius 1 is 1.47 bits per heavy atom. The molecule has 4 atom stereocenters. The normalized spacial score (nSPS) is 33.2. The maximum atomic E-state index is 6.02. The van der Waals surface area contributed by atoms with Crippen LogP contribution in [0.4, 0.5) is 0 Å². The number of hydrogen-bond donors (Lipinski definition) is 1. The van der Waals surface area contributed by atoms with E-state index in [0.29, 0.717) is 0 Å². The van der Waals surface area contributed by atoms with Crippen molar-refractivity contribution in [1.82, 2.24) is 9.78 Å². The zero-order valence-corrected chi connectivity index (χ0v) is 10.7. The zero-order valence-electron chi connectivity index (χ0n) is 10.7. The molecule has 2 bridgehead atoms. The van der Waals surface area contributed by atoms with Gasteiger partial charge in [0.1, 0.15) is 0 Å². The summed E-state index contributed by atoms with van der Waals surface area (Å²) in [5.74, 6) is 2.88. The molecule has 0 aromatic carbocycles. The van der Waals surface area contributed by atoms with E-state index < -0.39 is 0 Å². The first-order valence-corrected chi connectivity index (χ1v) is 7.04. The van der Waals surface area contributed by atoms with E-state index in [2.05, 4.69) is 22.9 Å². The first-order valence-electron chi connectivity index (χ1n) is 7.04. The molecule has 2 aliphatic rings. The first kappa shape index (κ1) is 11.3. The molecule has 94 valence electrons. The van der Waals surface area contributed by atoms with Gasteiger partial charge in [-0.2, -0.15) is 5.10 Å². The van der Waals surface area contributed by atoms with Crippen LogP contribution in [0.1, 0.15) is 50.6 Å². The molecule has 3 heteroatoms. The summed E-state index contributed by atoms with van der Waals surface area (Å²) in [7, 11) is 0. The minimum absolute atomic E-state index is 0.156. The van der Waals surface area contributed by atoms with Crippen LogP contribution in [0.3, 0.4) is 0 Å². The highest BCUT2D eigenvalue weighted by molar-refractivity contribution is 5.09. The second-order valence-corrected chi connectivity index (χ2v) is 5.95. The second-order valence-electron chi connectivity index (χ2n) is 5.95. The van der Waals surface area contributed by atoms with E-state index in [4.69, 9.17) is 5.73 Å². The number of hydrogen-bond acceptors (Lipinski definition) is 2. The minimum Gasteiger partial charge on any atom is -0.324 e. The molecule has 4 unspecified atom stereocenters. The van der Waals surface area contributed by atoms with Crippen LogP contribution < -0.4 is 5.73 Å².